The molecule has 0 aliphatic rings. The molecule has 12 rings (SSSR count). The van der Waals surface area contributed by atoms with Crippen LogP contribution in [0.4, 0.5) is 0 Å². The third-order valence-corrected chi connectivity index (χ3v) is 13.4. The SMILES string of the molecule is c1cncc(-c2ccc3sc(-c4ccc5c(c4)c4cc(-c6nc7ccc(-c8cccnc8)cc7s6)ccc4n5-c4ccc(-c5ccc6ccccc6c5)cc4)nc3c2)c1. The van der Waals surface area contributed by atoms with E-state index >= 15 is 0 Å². The molecule has 12 aromatic rings. The second-order valence-corrected chi connectivity index (χ2v) is 16.9. The highest BCUT2D eigenvalue weighted by Crippen LogP contribution is 2.41. The van der Waals surface area contributed by atoms with Crippen LogP contribution in [-0.2, 0) is 0 Å². The largest absolute Gasteiger partial charge is 0.309 e. The number of fused-ring (bicyclic) bond motifs is 6. The third-order valence-electron chi connectivity index (χ3n) is 11.2. The number of benzene rings is 7. The molecule has 7 aromatic carbocycles. The molecule has 276 valence electrons. The van der Waals surface area contributed by atoms with Crippen LogP contribution in [0.15, 0.2) is 189 Å². The van der Waals surface area contributed by atoms with Gasteiger partial charge in [-0.15, -0.1) is 22.7 Å². The van der Waals surface area contributed by atoms with Gasteiger partial charge < -0.3 is 4.57 Å². The number of rotatable bonds is 6. The summed E-state index contributed by atoms with van der Waals surface area (Å²) in [5.74, 6) is 0. The van der Waals surface area contributed by atoms with Gasteiger partial charge in [0.15, 0.2) is 0 Å². The molecule has 0 aliphatic heterocycles. The first-order valence-electron chi connectivity index (χ1n) is 19.5. The molecule has 7 heteroatoms. The molecule has 5 heterocycles. The number of nitrogens with zero attached hydrogens (tertiary/aromatic N) is 5. The zero-order valence-electron chi connectivity index (χ0n) is 31.5. The highest BCUT2D eigenvalue weighted by atomic mass is 32.1. The second kappa shape index (κ2) is 13.7. The van der Waals surface area contributed by atoms with Gasteiger partial charge in [-0.2, -0.15) is 0 Å². The average molecular weight is 790 g/mol. The standard InChI is InChI=1S/C52H31N5S2/c1-2-6-34-25-35(10-9-32(34)5-1)33-11-17-42(18-12-33)57-47-20-14-38(51-55-45-19-13-37(29-50(45)59-51)41-8-4-24-54-31-41)26-43(47)44-27-39(15-21-48(44)57)52-56-46-28-36(16-22-49(46)58-52)40-7-3-23-53-30-40/h1-31H. The van der Waals surface area contributed by atoms with Crippen molar-refractivity contribution in [1.82, 2.24) is 24.5 Å². The Hall–Kier alpha value is -7.32. The van der Waals surface area contributed by atoms with E-state index in [2.05, 4.69) is 166 Å². The van der Waals surface area contributed by atoms with Crippen LogP contribution in [-0.4, -0.2) is 24.5 Å². The van der Waals surface area contributed by atoms with Crippen molar-refractivity contribution in [2.45, 2.75) is 0 Å². The topological polar surface area (TPSA) is 56.5 Å². The molecule has 5 nitrogen and oxygen atoms in total. The summed E-state index contributed by atoms with van der Waals surface area (Å²) >= 11 is 3.46. The fourth-order valence-electron chi connectivity index (χ4n) is 8.26. The minimum Gasteiger partial charge on any atom is -0.309 e. The maximum Gasteiger partial charge on any atom is 0.124 e. The first kappa shape index (κ1) is 33.8. The Balaban J connectivity index is 0.991. The molecule has 0 spiro atoms. The molecule has 59 heavy (non-hydrogen) atoms. The minimum atomic E-state index is 0.991. The van der Waals surface area contributed by atoms with E-state index in [-0.39, 0.29) is 0 Å². The van der Waals surface area contributed by atoms with Gasteiger partial charge in [0.25, 0.3) is 0 Å². The molecule has 0 bridgehead atoms. The van der Waals surface area contributed by atoms with Gasteiger partial charge in [-0.1, -0.05) is 72.8 Å². The molecule has 0 saturated carbocycles. The van der Waals surface area contributed by atoms with Crippen molar-refractivity contribution in [3.8, 4) is 60.2 Å². The van der Waals surface area contributed by atoms with E-state index in [4.69, 9.17) is 9.97 Å². The smallest absolute Gasteiger partial charge is 0.124 e. The van der Waals surface area contributed by atoms with Gasteiger partial charge >= 0.3 is 0 Å². The van der Waals surface area contributed by atoms with E-state index in [0.29, 0.717) is 0 Å². The van der Waals surface area contributed by atoms with Crippen molar-refractivity contribution in [2.75, 3.05) is 0 Å². The lowest BCUT2D eigenvalue weighted by Gasteiger charge is -2.10. The fourth-order valence-corrected chi connectivity index (χ4v) is 10.2. The maximum absolute atomic E-state index is 5.18. The zero-order valence-corrected chi connectivity index (χ0v) is 33.1. The highest BCUT2D eigenvalue weighted by molar-refractivity contribution is 7.22. The van der Waals surface area contributed by atoms with Gasteiger partial charge in [-0.25, -0.2) is 9.97 Å². The molecular formula is C52H31N5S2. The van der Waals surface area contributed by atoms with E-state index in [1.165, 1.54) is 32.7 Å². The molecule has 0 atom stereocenters. The van der Waals surface area contributed by atoms with E-state index in [9.17, 15) is 0 Å². The van der Waals surface area contributed by atoms with Gasteiger partial charge in [-0.3, -0.25) is 9.97 Å². The monoisotopic (exact) mass is 789 g/mol. The van der Waals surface area contributed by atoms with Crippen LogP contribution in [0.2, 0.25) is 0 Å². The van der Waals surface area contributed by atoms with Gasteiger partial charge in [0.1, 0.15) is 10.0 Å². The summed E-state index contributed by atoms with van der Waals surface area (Å²) in [7, 11) is 0. The first-order valence-corrected chi connectivity index (χ1v) is 21.1. The number of thiazole rings is 2. The first-order chi connectivity index (χ1) is 29.2. The van der Waals surface area contributed by atoms with Crippen LogP contribution >= 0.6 is 22.7 Å². The lowest BCUT2D eigenvalue weighted by atomic mass is 10.0. The molecule has 0 N–H and O–H groups in total. The zero-order chi connectivity index (χ0) is 38.9. The van der Waals surface area contributed by atoms with Crippen molar-refractivity contribution in [1.29, 1.82) is 0 Å². The molecule has 0 saturated heterocycles. The van der Waals surface area contributed by atoms with Gasteiger partial charge in [-0.05, 0) is 124 Å². The number of hydrogen-bond donors (Lipinski definition) is 0. The Bertz CT molecular complexity index is 3370. The van der Waals surface area contributed by atoms with E-state index < -0.39 is 0 Å². The van der Waals surface area contributed by atoms with Crippen LogP contribution in [0.1, 0.15) is 0 Å². The summed E-state index contributed by atoms with van der Waals surface area (Å²) in [6, 6.07) is 58.9. The Kier molecular flexibility index (Phi) is 7.82. The maximum atomic E-state index is 5.18. The summed E-state index contributed by atoms with van der Waals surface area (Å²) in [6.07, 6.45) is 7.42. The van der Waals surface area contributed by atoms with Gasteiger partial charge in [0.2, 0.25) is 0 Å². The summed E-state index contributed by atoms with van der Waals surface area (Å²) in [5.41, 5.74) is 14.4. The summed E-state index contributed by atoms with van der Waals surface area (Å²) in [5, 5.41) is 6.83. The molecule has 0 amide bonds. The second-order valence-electron chi connectivity index (χ2n) is 14.8. The van der Waals surface area contributed by atoms with Crippen molar-refractivity contribution in [3.05, 3.63) is 189 Å². The van der Waals surface area contributed by atoms with Gasteiger partial charge in [0.05, 0.1) is 31.5 Å². The Labute approximate surface area is 347 Å². The third kappa shape index (κ3) is 5.90. The summed E-state index contributed by atoms with van der Waals surface area (Å²) in [6.45, 7) is 0. The minimum absolute atomic E-state index is 0.991. The van der Waals surface area contributed by atoms with Crippen molar-refractivity contribution >= 4 is 75.7 Å². The molecule has 0 fully saturated rings. The van der Waals surface area contributed by atoms with Crippen LogP contribution in [0.25, 0.3) is 113 Å². The number of pyridine rings is 2. The van der Waals surface area contributed by atoms with Crippen LogP contribution in [0, 0.1) is 0 Å². The average Bonchev–Trinajstić information content (AvgIpc) is 4.03. The molecule has 5 aromatic heterocycles. The van der Waals surface area contributed by atoms with Crippen LogP contribution in [0.5, 0.6) is 0 Å². The molecule has 0 radical (unpaired) electrons. The van der Waals surface area contributed by atoms with Crippen LogP contribution < -0.4 is 0 Å². The van der Waals surface area contributed by atoms with E-state index in [1.54, 1.807) is 28.9 Å². The Morgan fingerprint density at radius 2 is 0.949 bits per heavy atom. The van der Waals surface area contributed by atoms with E-state index in [1.807, 2.05) is 30.7 Å². The van der Waals surface area contributed by atoms with Crippen LogP contribution in [0.3, 0.4) is 0 Å². The normalized spacial score (nSPS) is 11.7. The number of aromatic nitrogens is 5. The van der Waals surface area contributed by atoms with Crippen molar-refractivity contribution in [3.63, 3.8) is 0 Å². The predicted octanol–water partition coefficient (Wildman–Crippen LogP) is 14.3. The highest BCUT2D eigenvalue weighted by Gasteiger charge is 2.18. The lowest BCUT2D eigenvalue weighted by Crippen LogP contribution is -1.94. The molecule has 0 aliphatic carbocycles. The van der Waals surface area contributed by atoms with Crippen molar-refractivity contribution < 1.29 is 0 Å². The Morgan fingerprint density at radius 3 is 1.64 bits per heavy atom. The summed E-state index contributed by atoms with van der Waals surface area (Å²) in [4.78, 5) is 19.0. The molecule has 0 unspecified atom stereocenters. The predicted molar refractivity (Wildman–Crippen MR) is 247 cm³/mol. The fraction of sp³-hybridized carbons (Fsp3) is 0. The van der Waals surface area contributed by atoms with Gasteiger partial charge in [0, 0.05) is 63.5 Å². The molecular weight excluding hydrogens is 759 g/mol. The van der Waals surface area contributed by atoms with Crippen molar-refractivity contribution in [2.24, 2.45) is 0 Å². The lowest BCUT2D eigenvalue weighted by molar-refractivity contribution is 1.18. The Morgan fingerprint density at radius 1 is 0.373 bits per heavy atom. The number of hydrogen-bond acceptors (Lipinski definition) is 6. The summed E-state index contributed by atoms with van der Waals surface area (Å²) < 4.78 is 4.70. The quantitative estimate of drug-likeness (QED) is 0.168. The van der Waals surface area contributed by atoms with E-state index in [0.717, 1.165) is 80.5 Å².